The maximum atomic E-state index is 7.93. The molecule has 0 aliphatic heterocycles. The fraction of sp³-hybridized carbons (Fsp3) is 0.154. The highest BCUT2D eigenvalue weighted by Gasteiger charge is 1.97. The Hall–Kier alpha value is -1.63. The number of aromatic nitrogens is 1. The van der Waals surface area contributed by atoms with Crippen molar-refractivity contribution in [2.75, 3.05) is 0 Å². The number of pyridine rings is 1. The summed E-state index contributed by atoms with van der Waals surface area (Å²) >= 11 is 0. The molecule has 0 aliphatic rings. The van der Waals surface area contributed by atoms with Gasteiger partial charge in [0.25, 0.3) is 0 Å². The Kier molecular flexibility index (Phi) is 1.10. The molecule has 0 bridgehead atoms. The molecule has 14 heavy (non-hydrogen) atoms. The Morgan fingerprint density at radius 2 is 2.07 bits per heavy atom. The summed E-state index contributed by atoms with van der Waals surface area (Å²) in [7, 11) is 0. The molecule has 0 atom stereocenters. The van der Waals surface area contributed by atoms with E-state index in [1.807, 2.05) is 0 Å². The van der Waals surface area contributed by atoms with E-state index in [0.717, 1.165) is 0 Å². The minimum Gasteiger partial charge on any atom is -0.256 e. The second-order valence-corrected chi connectivity index (χ2v) is 3.03. The van der Waals surface area contributed by atoms with Crippen LogP contribution in [0.15, 0.2) is 42.5 Å². The normalized spacial score (nSPS) is 17.2. The molecule has 0 radical (unpaired) electrons. The van der Waals surface area contributed by atoms with Gasteiger partial charge in [0.2, 0.25) is 0 Å². The molecule has 0 aliphatic carbocycles. The second-order valence-electron chi connectivity index (χ2n) is 3.03. The molecule has 2 aromatic rings. The predicted molar refractivity (Wildman–Crippen MR) is 59.1 cm³/mol. The van der Waals surface area contributed by atoms with Gasteiger partial charge in [-0.3, -0.25) is 4.98 Å². The van der Waals surface area contributed by atoms with Crippen LogP contribution < -0.4 is 0 Å². The first-order chi connectivity index (χ1) is 9.21. The summed E-state index contributed by atoms with van der Waals surface area (Å²) in [6.45, 7) is -0.555. The van der Waals surface area contributed by atoms with E-state index in [1.165, 1.54) is 24.4 Å². The van der Waals surface area contributed by atoms with Crippen molar-refractivity contribution < 1.29 is 8.22 Å². The quantitative estimate of drug-likeness (QED) is 0.670. The average Bonchev–Trinajstić information content (AvgIpc) is 2.36. The van der Waals surface area contributed by atoms with E-state index in [0.29, 0.717) is 11.3 Å². The smallest absolute Gasteiger partial charge is 0.0702 e. The van der Waals surface area contributed by atoms with E-state index in [4.69, 9.17) is 8.22 Å². The van der Waals surface area contributed by atoms with Gasteiger partial charge in [-0.15, -0.1) is 0 Å². The van der Waals surface area contributed by atoms with Crippen LogP contribution in [0.2, 0.25) is 0 Å². The molecule has 70 valence electrons. The van der Waals surface area contributed by atoms with Gasteiger partial charge in [-0.05, 0) is 25.4 Å². The summed E-state index contributed by atoms with van der Waals surface area (Å²) in [6, 6.07) is 4.49. The van der Waals surface area contributed by atoms with Crippen LogP contribution in [0.1, 0.15) is 19.4 Å². The highest BCUT2D eigenvalue weighted by Crippen LogP contribution is 2.17. The van der Waals surface area contributed by atoms with E-state index in [9.17, 15) is 0 Å². The molecule has 0 amide bonds. The van der Waals surface area contributed by atoms with E-state index < -0.39 is 6.85 Å². The SMILES string of the molecule is [2H]c1cc(C)c([2H])c([2H])c1-c1ccc(C([2H])([2H])[2H])cn1. The monoisotopic (exact) mass is 189 g/mol. The molecular formula is C13H13N. The summed E-state index contributed by atoms with van der Waals surface area (Å²) in [5.74, 6) is 0. The van der Waals surface area contributed by atoms with Crippen LogP contribution in [0.3, 0.4) is 0 Å². The lowest BCUT2D eigenvalue weighted by Gasteiger charge is -2.01. The predicted octanol–water partition coefficient (Wildman–Crippen LogP) is 3.37. The lowest BCUT2D eigenvalue weighted by Crippen LogP contribution is -1.83. The lowest BCUT2D eigenvalue weighted by molar-refractivity contribution is 1.27. The first-order valence-electron chi connectivity index (χ1n) is 7.26. The molecular weight excluding hydrogens is 170 g/mol. The Morgan fingerprint density at radius 1 is 1.14 bits per heavy atom. The van der Waals surface area contributed by atoms with Crippen LogP contribution in [0.25, 0.3) is 11.3 Å². The number of aryl methyl sites for hydroxylation is 2. The van der Waals surface area contributed by atoms with Crippen LogP contribution in [0.5, 0.6) is 0 Å². The molecule has 2 rings (SSSR count). The van der Waals surface area contributed by atoms with E-state index in [-0.39, 0.29) is 29.3 Å². The second kappa shape index (κ2) is 3.62. The van der Waals surface area contributed by atoms with Gasteiger partial charge >= 0.3 is 0 Å². The van der Waals surface area contributed by atoms with Crippen molar-refractivity contribution in [1.82, 2.24) is 4.98 Å². The largest absolute Gasteiger partial charge is 0.256 e. The van der Waals surface area contributed by atoms with E-state index in [1.54, 1.807) is 6.92 Å². The molecule has 1 heterocycles. The third kappa shape index (κ3) is 1.82. The van der Waals surface area contributed by atoms with Crippen molar-refractivity contribution in [1.29, 1.82) is 0 Å². The summed E-state index contributed by atoms with van der Waals surface area (Å²) in [5, 5.41) is 0. The number of nitrogens with zero attached hydrogens (tertiary/aromatic N) is 1. The van der Waals surface area contributed by atoms with Crippen molar-refractivity contribution in [2.24, 2.45) is 0 Å². The van der Waals surface area contributed by atoms with Crippen molar-refractivity contribution in [3.63, 3.8) is 0 Å². The van der Waals surface area contributed by atoms with Crippen molar-refractivity contribution in [3.8, 4) is 11.3 Å². The molecule has 1 aromatic carbocycles. The summed E-state index contributed by atoms with van der Waals surface area (Å²) < 4.78 is 45.5. The number of rotatable bonds is 1. The Morgan fingerprint density at radius 3 is 2.79 bits per heavy atom. The minimum atomic E-state index is -2.23. The maximum Gasteiger partial charge on any atom is 0.0702 e. The third-order valence-corrected chi connectivity index (χ3v) is 1.84. The summed E-state index contributed by atoms with van der Waals surface area (Å²) in [4.78, 5) is 4.02. The van der Waals surface area contributed by atoms with E-state index in [2.05, 4.69) is 4.98 Å². The highest BCUT2D eigenvalue weighted by molar-refractivity contribution is 5.59. The molecule has 1 aromatic heterocycles. The van der Waals surface area contributed by atoms with Crippen LogP contribution in [0, 0.1) is 13.8 Å². The zero-order valence-corrected chi connectivity index (χ0v) is 7.76. The van der Waals surface area contributed by atoms with Gasteiger partial charge in [0.05, 0.1) is 9.81 Å². The minimum absolute atomic E-state index is 0.0534. The van der Waals surface area contributed by atoms with Gasteiger partial charge in [0.15, 0.2) is 0 Å². The molecule has 1 nitrogen and oxygen atoms in total. The van der Waals surface area contributed by atoms with Crippen LogP contribution in [-0.4, -0.2) is 4.98 Å². The molecule has 0 fully saturated rings. The van der Waals surface area contributed by atoms with Crippen LogP contribution in [0.4, 0.5) is 0 Å². The van der Waals surface area contributed by atoms with Gasteiger partial charge in [0, 0.05) is 15.9 Å². The molecule has 0 N–H and O–H groups in total. The zero-order chi connectivity index (χ0) is 15.1. The number of hydrogen-bond acceptors (Lipinski definition) is 1. The van der Waals surface area contributed by atoms with Gasteiger partial charge in [-0.1, -0.05) is 35.8 Å². The Balaban J connectivity index is 2.56. The van der Waals surface area contributed by atoms with Crippen molar-refractivity contribution in [3.05, 3.63) is 53.7 Å². The molecule has 0 unspecified atom stereocenters. The van der Waals surface area contributed by atoms with Gasteiger partial charge in [-0.2, -0.15) is 0 Å². The Labute approximate surface area is 92.9 Å². The summed E-state index contributed by atoms with van der Waals surface area (Å²) in [6.07, 6.45) is 1.23. The lowest BCUT2D eigenvalue weighted by atomic mass is 10.1. The topological polar surface area (TPSA) is 12.9 Å². The van der Waals surface area contributed by atoms with Crippen LogP contribution >= 0.6 is 0 Å². The van der Waals surface area contributed by atoms with E-state index >= 15 is 0 Å². The third-order valence-electron chi connectivity index (χ3n) is 1.84. The Bertz CT molecular complexity index is 645. The number of benzene rings is 1. The first-order valence-corrected chi connectivity index (χ1v) is 4.26. The molecule has 0 saturated carbocycles. The molecule has 0 saturated heterocycles. The number of hydrogen-bond donors (Lipinski definition) is 0. The fourth-order valence-electron chi connectivity index (χ4n) is 1.09. The molecule has 0 spiro atoms. The van der Waals surface area contributed by atoms with Gasteiger partial charge in [-0.25, -0.2) is 0 Å². The van der Waals surface area contributed by atoms with Crippen molar-refractivity contribution >= 4 is 0 Å². The first kappa shape index (κ1) is 4.26. The van der Waals surface area contributed by atoms with Crippen molar-refractivity contribution in [2.45, 2.75) is 13.8 Å². The fourth-order valence-corrected chi connectivity index (χ4v) is 1.09. The standard InChI is InChI=1S/C13H13N/c1-10-3-6-12(7-4-10)13-8-5-11(2)9-14-13/h3-9H,1-2H3/i2D3,3D,6D,7D. The highest BCUT2D eigenvalue weighted by atomic mass is 14.7. The van der Waals surface area contributed by atoms with Gasteiger partial charge in [0.1, 0.15) is 0 Å². The van der Waals surface area contributed by atoms with Gasteiger partial charge < -0.3 is 0 Å². The maximum absolute atomic E-state index is 7.93. The average molecular weight is 189 g/mol. The molecule has 1 heteroatoms. The van der Waals surface area contributed by atoms with Crippen LogP contribution in [-0.2, 0) is 0 Å². The summed E-state index contributed by atoms with van der Waals surface area (Å²) in [5.41, 5.74) is 1.25. The zero-order valence-electron chi connectivity index (χ0n) is 13.8.